The molecule has 0 aliphatic heterocycles. The molecular weight excluding hydrogens is 268 g/mol. The minimum absolute atomic E-state index is 0.278. The van der Waals surface area contributed by atoms with Gasteiger partial charge in [0.1, 0.15) is 0 Å². The lowest BCUT2D eigenvalue weighted by atomic mass is 10.1. The molecule has 1 aromatic carbocycles. The first-order valence-corrected chi connectivity index (χ1v) is 7.14. The van der Waals surface area contributed by atoms with Gasteiger partial charge in [-0.3, -0.25) is 0 Å². The largest absolute Gasteiger partial charge is 0.476 e. The lowest BCUT2D eigenvalue weighted by Crippen LogP contribution is -2.11. The number of sulfone groups is 1. The van der Waals surface area contributed by atoms with Crippen LogP contribution in [0, 0.1) is 0 Å². The van der Waals surface area contributed by atoms with Crippen LogP contribution in [0.25, 0.3) is 11.1 Å². The fourth-order valence-corrected chi connectivity index (χ4v) is 2.04. The molecule has 6 nitrogen and oxygen atoms in total. The molecule has 19 heavy (non-hydrogen) atoms. The Kier molecular flexibility index (Phi) is 3.30. The van der Waals surface area contributed by atoms with Crippen LogP contribution < -0.4 is 0 Å². The van der Waals surface area contributed by atoms with E-state index in [2.05, 4.69) is 9.97 Å². The van der Waals surface area contributed by atoms with Crippen molar-refractivity contribution in [1.29, 1.82) is 0 Å². The summed E-state index contributed by atoms with van der Waals surface area (Å²) in [5, 5.41) is 8.64. The van der Waals surface area contributed by atoms with E-state index in [9.17, 15) is 13.2 Å². The Labute approximate surface area is 109 Å². The molecule has 1 heterocycles. The standard InChI is InChI=1S/C12H10N2O4S/c1-19(17,18)12-13-7-9(10(14-12)11(15)16)8-5-3-2-4-6-8/h2-7H,1H3,(H,15,16). The van der Waals surface area contributed by atoms with E-state index in [0.717, 1.165) is 6.26 Å². The summed E-state index contributed by atoms with van der Waals surface area (Å²) in [6.45, 7) is 0. The third kappa shape index (κ3) is 2.76. The van der Waals surface area contributed by atoms with Gasteiger partial charge < -0.3 is 5.11 Å². The summed E-state index contributed by atoms with van der Waals surface area (Å²) in [5.74, 6) is -1.30. The summed E-state index contributed by atoms with van der Waals surface area (Å²) in [7, 11) is -3.64. The van der Waals surface area contributed by atoms with Crippen LogP contribution in [0.5, 0.6) is 0 Å². The van der Waals surface area contributed by atoms with E-state index in [1.807, 2.05) is 0 Å². The van der Waals surface area contributed by atoms with Crippen molar-refractivity contribution < 1.29 is 18.3 Å². The van der Waals surface area contributed by atoms with Gasteiger partial charge in [0.15, 0.2) is 5.69 Å². The number of carboxylic acids is 1. The van der Waals surface area contributed by atoms with Crippen molar-refractivity contribution >= 4 is 15.8 Å². The fraction of sp³-hybridized carbons (Fsp3) is 0.0833. The number of hydrogen-bond acceptors (Lipinski definition) is 5. The zero-order chi connectivity index (χ0) is 14.0. The lowest BCUT2D eigenvalue weighted by Gasteiger charge is -2.06. The van der Waals surface area contributed by atoms with Crippen molar-refractivity contribution in [3.63, 3.8) is 0 Å². The average molecular weight is 278 g/mol. The molecule has 2 aromatic rings. The SMILES string of the molecule is CS(=O)(=O)c1ncc(-c2ccccc2)c(C(=O)O)n1. The Bertz CT molecular complexity index is 727. The van der Waals surface area contributed by atoms with Crippen molar-refractivity contribution in [2.24, 2.45) is 0 Å². The van der Waals surface area contributed by atoms with Crippen LogP contribution in [0.3, 0.4) is 0 Å². The van der Waals surface area contributed by atoms with Gasteiger partial charge in [0.05, 0.1) is 0 Å². The highest BCUT2D eigenvalue weighted by molar-refractivity contribution is 7.90. The molecule has 1 N–H and O–H groups in total. The van der Waals surface area contributed by atoms with Crippen LogP contribution in [0.2, 0.25) is 0 Å². The van der Waals surface area contributed by atoms with Gasteiger partial charge in [-0.05, 0) is 5.56 Å². The third-order valence-electron chi connectivity index (χ3n) is 2.39. The van der Waals surface area contributed by atoms with Crippen LogP contribution in [0.4, 0.5) is 0 Å². The fourth-order valence-electron chi connectivity index (χ4n) is 1.54. The Morgan fingerprint density at radius 2 is 1.84 bits per heavy atom. The van der Waals surface area contributed by atoms with Crippen molar-refractivity contribution in [2.45, 2.75) is 5.16 Å². The number of aromatic carboxylic acids is 1. The molecule has 0 fully saturated rings. The molecular formula is C12H10N2O4S. The topological polar surface area (TPSA) is 97.2 Å². The second-order valence-electron chi connectivity index (χ2n) is 3.86. The molecule has 7 heteroatoms. The van der Waals surface area contributed by atoms with Crippen molar-refractivity contribution in [3.05, 3.63) is 42.2 Å². The van der Waals surface area contributed by atoms with Gasteiger partial charge in [-0.2, -0.15) is 0 Å². The van der Waals surface area contributed by atoms with Gasteiger partial charge in [0.2, 0.25) is 15.0 Å². The first-order chi connectivity index (χ1) is 8.89. The number of benzene rings is 1. The molecule has 0 atom stereocenters. The Morgan fingerprint density at radius 1 is 1.21 bits per heavy atom. The molecule has 0 aliphatic rings. The van der Waals surface area contributed by atoms with Gasteiger partial charge in [-0.1, -0.05) is 30.3 Å². The molecule has 98 valence electrons. The Balaban J connectivity index is 2.67. The maximum Gasteiger partial charge on any atom is 0.355 e. The summed E-state index contributed by atoms with van der Waals surface area (Å²) in [6, 6.07) is 8.67. The van der Waals surface area contributed by atoms with Gasteiger partial charge in [-0.25, -0.2) is 23.2 Å². The molecule has 2 rings (SSSR count). The monoisotopic (exact) mass is 278 g/mol. The number of aromatic nitrogens is 2. The van der Waals surface area contributed by atoms with E-state index >= 15 is 0 Å². The average Bonchev–Trinajstić information content (AvgIpc) is 2.38. The molecule has 0 radical (unpaired) electrons. The minimum Gasteiger partial charge on any atom is -0.476 e. The maximum atomic E-state index is 11.3. The first-order valence-electron chi connectivity index (χ1n) is 5.25. The molecule has 0 saturated carbocycles. The first kappa shape index (κ1) is 13.2. The molecule has 0 bridgehead atoms. The summed E-state index contributed by atoms with van der Waals surface area (Å²) in [6.07, 6.45) is 2.14. The van der Waals surface area contributed by atoms with Crippen LogP contribution in [-0.4, -0.2) is 35.7 Å². The van der Waals surface area contributed by atoms with E-state index in [1.165, 1.54) is 6.20 Å². The lowest BCUT2D eigenvalue weighted by molar-refractivity contribution is 0.0690. The minimum atomic E-state index is -3.64. The Hall–Kier alpha value is -2.28. The van der Waals surface area contributed by atoms with Crippen LogP contribution >= 0.6 is 0 Å². The zero-order valence-electron chi connectivity index (χ0n) is 9.94. The highest BCUT2D eigenvalue weighted by atomic mass is 32.2. The van der Waals surface area contributed by atoms with Gasteiger partial charge in [0, 0.05) is 18.0 Å². The molecule has 0 unspecified atom stereocenters. The highest BCUT2D eigenvalue weighted by Crippen LogP contribution is 2.22. The van der Waals surface area contributed by atoms with E-state index in [-0.39, 0.29) is 11.3 Å². The van der Waals surface area contributed by atoms with E-state index in [1.54, 1.807) is 30.3 Å². The number of hydrogen-bond donors (Lipinski definition) is 1. The molecule has 0 aliphatic carbocycles. The normalized spacial score (nSPS) is 11.2. The molecule has 0 amide bonds. The van der Waals surface area contributed by atoms with Crippen molar-refractivity contribution in [2.75, 3.05) is 6.26 Å². The molecule has 0 spiro atoms. The second-order valence-corrected chi connectivity index (χ2v) is 5.77. The van der Waals surface area contributed by atoms with Crippen molar-refractivity contribution in [3.8, 4) is 11.1 Å². The summed E-state index contributed by atoms with van der Waals surface area (Å²) < 4.78 is 22.7. The summed E-state index contributed by atoms with van der Waals surface area (Å²) in [5.41, 5.74) is 0.557. The predicted octanol–water partition coefficient (Wildman–Crippen LogP) is 1.25. The number of carboxylic acid groups (broad SMARTS) is 1. The third-order valence-corrected chi connectivity index (χ3v) is 3.25. The van der Waals surface area contributed by atoms with Crippen molar-refractivity contribution in [1.82, 2.24) is 9.97 Å². The van der Waals surface area contributed by atoms with E-state index < -0.39 is 21.0 Å². The predicted molar refractivity (Wildman–Crippen MR) is 67.5 cm³/mol. The van der Waals surface area contributed by atoms with Crippen LogP contribution in [0.1, 0.15) is 10.5 Å². The van der Waals surface area contributed by atoms with Gasteiger partial charge >= 0.3 is 5.97 Å². The smallest absolute Gasteiger partial charge is 0.355 e. The Morgan fingerprint density at radius 3 is 2.37 bits per heavy atom. The quantitative estimate of drug-likeness (QED) is 0.848. The number of rotatable bonds is 3. The van der Waals surface area contributed by atoms with Crippen LogP contribution in [0.15, 0.2) is 41.7 Å². The molecule has 1 aromatic heterocycles. The molecule has 0 saturated heterocycles. The number of nitrogens with zero attached hydrogens (tertiary/aromatic N) is 2. The maximum absolute atomic E-state index is 11.3. The van der Waals surface area contributed by atoms with Gasteiger partial charge in [-0.15, -0.1) is 0 Å². The summed E-state index contributed by atoms with van der Waals surface area (Å²) >= 11 is 0. The van der Waals surface area contributed by atoms with E-state index in [0.29, 0.717) is 5.56 Å². The zero-order valence-corrected chi connectivity index (χ0v) is 10.8. The highest BCUT2D eigenvalue weighted by Gasteiger charge is 2.19. The van der Waals surface area contributed by atoms with Crippen LogP contribution in [-0.2, 0) is 9.84 Å². The second kappa shape index (κ2) is 4.77. The summed E-state index contributed by atoms with van der Waals surface area (Å²) in [4.78, 5) is 18.5. The van der Waals surface area contributed by atoms with E-state index in [4.69, 9.17) is 5.11 Å². The number of carbonyl (C=O) groups is 1. The van der Waals surface area contributed by atoms with Gasteiger partial charge in [0.25, 0.3) is 0 Å².